The fourth-order valence-electron chi connectivity index (χ4n) is 4.33. The Morgan fingerprint density at radius 3 is 3.03 bits per heavy atom. The van der Waals surface area contributed by atoms with Crippen LogP contribution in [0.5, 0.6) is 0 Å². The fourth-order valence-corrected chi connectivity index (χ4v) is 4.33. The van der Waals surface area contributed by atoms with E-state index in [9.17, 15) is 0 Å². The number of aromatic amines is 1. The molecule has 158 valence electrons. The van der Waals surface area contributed by atoms with Gasteiger partial charge in [0.05, 0.1) is 49.4 Å². The number of anilines is 2. The first-order valence-corrected chi connectivity index (χ1v) is 10.5. The lowest BCUT2D eigenvalue weighted by atomic mass is 10.1. The van der Waals surface area contributed by atoms with E-state index in [0.717, 1.165) is 47.5 Å². The van der Waals surface area contributed by atoms with Crippen molar-refractivity contribution in [3.8, 4) is 11.4 Å². The summed E-state index contributed by atoms with van der Waals surface area (Å²) in [5, 5.41) is 9.35. The first kappa shape index (κ1) is 18.3. The Bertz CT molecular complexity index is 1240. The molecular formula is C21H22N8O2. The van der Waals surface area contributed by atoms with Crippen molar-refractivity contribution in [3.63, 3.8) is 0 Å². The monoisotopic (exact) mass is 418 g/mol. The quantitative estimate of drug-likeness (QED) is 0.533. The number of nitrogens with zero attached hydrogens (tertiary/aromatic N) is 7. The molecule has 31 heavy (non-hydrogen) atoms. The molecule has 0 spiro atoms. The Kier molecular flexibility index (Phi) is 4.30. The molecule has 1 fully saturated rings. The van der Waals surface area contributed by atoms with Gasteiger partial charge in [0.1, 0.15) is 0 Å². The van der Waals surface area contributed by atoms with Crippen molar-refractivity contribution in [1.29, 1.82) is 0 Å². The zero-order valence-electron chi connectivity index (χ0n) is 17.2. The molecule has 0 aliphatic carbocycles. The van der Waals surface area contributed by atoms with E-state index < -0.39 is 0 Å². The third kappa shape index (κ3) is 3.10. The maximum Gasteiger partial charge on any atom is 0.235 e. The zero-order chi connectivity index (χ0) is 20.8. The summed E-state index contributed by atoms with van der Waals surface area (Å²) in [6.45, 7) is 5.45. The number of morpholine rings is 1. The summed E-state index contributed by atoms with van der Waals surface area (Å²) in [5.74, 6) is 2.81. The van der Waals surface area contributed by atoms with Crippen LogP contribution in [0.4, 0.5) is 11.5 Å². The molecule has 1 saturated heterocycles. The van der Waals surface area contributed by atoms with Crippen molar-refractivity contribution >= 4 is 22.4 Å². The lowest BCUT2D eigenvalue weighted by Crippen LogP contribution is -2.55. The molecule has 2 aliphatic heterocycles. The number of nitrogens with one attached hydrogen (secondary N) is 1. The molecule has 10 nitrogen and oxygen atoms in total. The lowest BCUT2D eigenvalue weighted by Gasteiger charge is -2.45. The SMILES string of the molecule is CCc1nnc(CN2CC3COCCN3c3nc(-c4cncc5[nH]ccc45)ncc32)o1. The van der Waals surface area contributed by atoms with Gasteiger partial charge in [0.2, 0.25) is 11.8 Å². The molecule has 0 aromatic carbocycles. The number of rotatable bonds is 4. The average molecular weight is 418 g/mol. The first-order chi connectivity index (χ1) is 15.3. The zero-order valence-corrected chi connectivity index (χ0v) is 17.2. The van der Waals surface area contributed by atoms with Crippen molar-refractivity contribution in [3.05, 3.63) is 42.6 Å². The molecule has 0 radical (unpaired) electrons. The Morgan fingerprint density at radius 1 is 1.19 bits per heavy atom. The molecule has 0 amide bonds. The normalized spacial score (nSPS) is 18.3. The van der Waals surface area contributed by atoms with E-state index in [1.165, 1.54) is 0 Å². The highest BCUT2D eigenvalue weighted by Gasteiger charge is 2.35. The molecule has 0 saturated carbocycles. The Balaban J connectivity index is 1.42. The van der Waals surface area contributed by atoms with Crippen LogP contribution in [0.25, 0.3) is 22.3 Å². The number of hydrogen-bond acceptors (Lipinski definition) is 9. The van der Waals surface area contributed by atoms with Gasteiger partial charge in [0, 0.05) is 42.9 Å². The van der Waals surface area contributed by atoms with Crippen LogP contribution in [0, 0.1) is 0 Å². The van der Waals surface area contributed by atoms with E-state index in [-0.39, 0.29) is 6.04 Å². The number of fused-ring (bicyclic) bond motifs is 4. The van der Waals surface area contributed by atoms with Crippen molar-refractivity contribution < 1.29 is 9.15 Å². The topological polar surface area (TPSA) is 109 Å². The minimum atomic E-state index is 0.207. The highest BCUT2D eigenvalue weighted by Crippen LogP contribution is 2.37. The molecule has 6 rings (SSSR count). The maximum atomic E-state index is 5.76. The van der Waals surface area contributed by atoms with Gasteiger partial charge >= 0.3 is 0 Å². The number of aromatic nitrogens is 6. The molecule has 4 aromatic rings. The largest absolute Gasteiger partial charge is 0.423 e. The number of hydrogen-bond donors (Lipinski definition) is 1. The predicted molar refractivity (Wildman–Crippen MR) is 114 cm³/mol. The van der Waals surface area contributed by atoms with Gasteiger partial charge in [-0.25, -0.2) is 9.97 Å². The number of ether oxygens (including phenoxy) is 1. The molecule has 1 N–H and O–H groups in total. The fraction of sp³-hybridized carbons (Fsp3) is 0.381. The van der Waals surface area contributed by atoms with Crippen molar-refractivity contribution in [1.82, 2.24) is 30.1 Å². The number of pyridine rings is 1. The molecular weight excluding hydrogens is 396 g/mol. The van der Waals surface area contributed by atoms with Gasteiger partial charge in [-0.2, -0.15) is 0 Å². The van der Waals surface area contributed by atoms with Gasteiger partial charge < -0.3 is 23.9 Å². The Hall–Kier alpha value is -3.53. The average Bonchev–Trinajstić information content (AvgIpc) is 3.48. The van der Waals surface area contributed by atoms with Crippen molar-refractivity contribution in [2.45, 2.75) is 25.9 Å². The highest BCUT2D eigenvalue weighted by atomic mass is 16.5. The van der Waals surface area contributed by atoms with Crippen LogP contribution in [-0.2, 0) is 17.7 Å². The second-order valence-electron chi connectivity index (χ2n) is 7.77. The summed E-state index contributed by atoms with van der Waals surface area (Å²) in [6.07, 6.45) is 8.15. The summed E-state index contributed by atoms with van der Waals surface area (Å²) in [7, 11) is 0. The molecule has 6 heterocycles. The van der Waals surface area contributed by atoms with Crippen LogP contribution in [0.3, 0.4) is 0 Å². The van der Waals surface area contributed by atoms with E-state index in [1.54, 1.807) is 0 Å². The minimum absolute atomic E-state index is 0.207. The summed E-state index contributed by atoms with van der Waals surface area (Å²) in [5.41, 5.74) is 2.84. The van der Waals surface area contributed by atoms with Crippen LogP contribution in [0.15, 0.2) is 35.3 Å². The van der Waals surface area contributed by atoms with Crippen LogP contribution >= 0.6 is 0 Å². The molecule has 4 aromatic heterocycles. The van der Waals surface area contributed by atoms with Gasteiger partial charge in [0.15, 0.2) is 11.6 Å². The number of aryl methyl sites for hydroxylation is 1. The third-order valence-electron chi connectivity index (χ3n) is 5.88. The van der Waals surface area contributed by atoms with Crippen LogP contribution in [0.2, 0.25) is 0 Å². The molecule has 10 heteroatoms. The summed E-state index contributed by atoms with van der Waals surface area (Å²) in [6, 6.07) is 2.23. The van der Waals surface area contributed by atoms with E-state index in [1.807, 2.05) is 37.8 Å². The predicted octanol–water partition coefficient (Wildman–Crippen LogP) is 2.19. The molecule has 2 aliphatic rings. The van der Waals surface area contributed by atoms with Crippen molar-refractivity contribution in [2.75, 3.05) is 36.1 Å². The smallest absolute Gasteiger partial charge is 0.235 e. The van der Waals surface area contributed by atoms with Gasteiger partial charge in [-0.3, -0.25) is 4.98 Å². The number of H-pyrrole nitrogens is 1. The van der Waals surface area contributed by atoms with E-state index in [0.29, 0.717) is 37.4 Å². The lowest BCUT2D eigenvalue weighted by molar-refractivity contribution is 0.0934. The second kappa shape index (κ2) is 7.31. The van der Waals surface area contributed by atoms with Crippen LogP contribution < -0.4 is 9.80 Å². The van der Waals surface area contributed by atoms with Gasteiger partial charge in [-0.05, 0) is 6.07 Å². The van der Waals surface area contributed by atoms with Gasteiger partial charge in [-0.15, -0.1) is 10.2 Å². The Morgan fingerprint density at radius 2 is 2.13 bits per heavy atom. The maximum absolute atomic E-state index is 5.76. The first-order valence-electron chi connectivity index (χ1n) is 10.5. The minimum Gasteiger partial charge on any atom is -0.423 e. The standard InChI is InChI=1S/C21H22N8O2/c1-2-18-26-27-19(31-18)11-28-10-13-12-30-6-5-29(13)21-17(28)9-24-20(25-21)15-7-22-8-16-14(15)3-4-23-16/h3-4,7-9,13,23H,2,5-6,10-12H2,1H3. The van der Waals surface area contributed by atoms with E-state index in [4.69, 9.17) is 19.1 Å². The summed E-state index contributed by atoms with van der Waals surface area (Å²) in [4.78, 5) is 21.8. The molecule has 1 unspecified atom stereocenters. The second-order valence-corrected chi connectivity index (χ2v) is 7.77. The molecule has 0 bridgehead atoms. The molecule has 1 atom stereocenters. The van der Waals surface area contributed by atoms with E-state index >= 15 is 0 Å². The van der Waals surface area contributed by atoms with Crippen LogP contribution in [-0.4, -0.2) is 62.5 Å². The van der Waals surface area contributed by atoms with E-state index in [2.05, 4.69) is 30.0 Å². The summed E-state index contributed by atoms with van der Waals surface area (Å²) >= 11 is 0. The summed E-state index contributed by atoms with van der Waals surface area (Å²) < 4.78 is 11.5. The van der Waals surface area contributed by atoms with Gasteiger partial charge in [-0.1, -0.05) is 6.92 Å². The Labute approximate surface area is 178 Å². The van der Waals surface area contributed by atoms with Gasteiger partial charge in [0.25, 0.3) is 0 Å². The van der Waals surface area contributed by atoms with Crippen LogP contribution in [0.1, 0.15) is 18.7 Å². The third-order valence-corrected chi connectivity index (χ3v) is 5.88. The van der Waals surface area contributed by atoms with Crippen molar-refractivity contribution in [2.24, 2.45) is 0 Å². The highest BCUT2D eigenvalue weighted by molar-refractivity contribution is 5.92.